The van der Waals surface area contributed by atoms with E-state index in [1.165, 1.54) is 6.07 Å². The van der Waals surface area contributed by atoms with E-state index in [2.05, 4.69) is 4.98 Å². The molecule has 1 aliphatic heterocycles. The number of halogens is 2. The second-order valence-corrected chi connectivity index (χ2v) is 11.0. The van der Waals surface area contributed by atoms with Gasteiger partial charge in [0.1, 0.15) is 27.9 Å². The van der Waals surface area contributed by atoms with Crippen molar-refractivity contribution in [3.63, 3.8) is 0 Å². The highest BCUT2D eigenvalue weighted by Gasteiger charge is 2.27. The Hall–Kier alpha value is -3.06. The number of rotatable bonds is 8. The summed E-state index contributed by atoms with van der Waals surface area (Å²) in [6.07, 6.45) is -0.131. The minimum Gasteiger partial charge on any atom is -0.487 e. The maximum atomic E-state index is 14.8. The number of hydrogen-bond acceptors (Lipinski definition) is 8. The van der Waals surface area contributed by atoms with Crippen molar-refractivity contribution in [3.05, 3.63) is 69.0 Å². The molecule has 0 spiro atoms. The minimum absolute atomic E-state index is 0.0229. The third-order valence-corrected chi connectivity index (χ3v) is 6.63. The number of nitrogens with zero attached hydrogens (tertiary/aromatic N) is 2. The molecular formula is C23H23ClFN3O7S. The largest absolute Gasteiger partial charge is 0.487 e. The fourth-order valence-electron chi connectivity index (χ4n) is 3.84. The molecule has 192 valence electrons. The van der Waals surface area contributed by atoms with Gasteiger partial charge in [-0.3, -0.25) is 14.2 Å². The minimum atomic E-state index is -3.24. The zero-order valence-corrected chi connectivity index (χ0v) is 20.7. The van der Waals surface area contributed by atoms with Gasteiger partial charge in [0.2, 0.25) is 5.82 Å². The summed E-state index contributed by atoms with van der Waals surface area (Å²) in [4.78, 5) is 29.7. The molecule has 1 fully saturated rings. The third kappa shape index (κ3) is 6.01. The van der Waals surface area contributed by atoms with Crippen LogP contribution < -0.4 is 16.0 Å². The van der Waals surface area contributed by atoms with Gasteiger partial charge in [-0.25, -0.2) is 17.8 Å². The van der Waals surface area contributed by atoms with E-state index in [1.54, 1.807) is 24.3 Å². The fraction of sp³-hybridized carbons (Fsp3) is 0.348. The summed E-state index contributed by atoms with van der Waals surface area (Å²) in [5, 5.41) is 0.257. The summed E-state index contributed by atoms with van der Waals surface area (Å²) < 4.78 is 55.5. The Balaban J connectivity index is 1.63. The van der Waals surface area contributed by atoms with Gasteiger partial charge in [-0.2, -0.15) is 0 Å². The van der Waals surface area contributed by atoms with Crippen LogP contribution in [0, 0.1) is 5.82 Å². The quantitative estimate of drug-likeness (QED) is 0.454. The van der Waals surface area contributed by atoms with Gasteiger partial charge in [0, 0.05) is 11.3 Å². The van der Waals surface area contributed by atoms with Crippen LogP contribution in [0.1, 0.15) is 16.2 Å². The van der Waals surface area contributed by atoms with Gasteiger partial charge in [0.25, 0.3) is 11.5 Å². The summed E-state index contributed by atoms with van der Waals surface area (Å²) >= 11 is 6.03. The van der Waals surface area contributed by atoms with Crippen molar-refractivity contribution >= 4 is 38.2 Å². The lowest BCUT2D eigenvalue weighted by Crippen LogP contribution is -2.41. The van der Waals surface area contributed by atoms with Gasteiger partial charge in [0.05, 0.1) is 37.1 Å². The van der Waals surface area contributed by atoms with Crippen LogP contribution in [-0.4, -0.2) is 67.9 Å². The molecule has 2 unspecified atom stereocenters. The molecule has 2 heterocycles. The van der Waals surface area contributed by atoms with Crippen molar-refractivity contribution in [3.8, 4) is 5.75 Å². The molecule has 36 heavy (non-hydrogen) atoms. The van der Waals surface area contributed by atoms with E-state index in [0.717, 1.165) is 16.9 Å². The summed E-state index contributed by atoms with van der Waals surface area (Å²) in [7, 11) is -3.24. The van der Waals surface area contributed by atoms with Gasteiger partial charge < -0.3 is 19.9 Å². The second kappa shape index (κ2) is 10.5. The first kappa shape index (κ1) is 26.0. The standard InChI is InChI=1S/C23H23ClFN3O7S/c1-36(31,32)12-16-11-33-15(9-34-16)10-35-20-17(25)5-6-18-19(20)23(30)28(22(27-18)21(26)29)8-13-3-2-4-14(24)7-13/h2-7,15-16H,8-12H2,1H3,(H2,26,29). The van der Waals surface area contributed by atoms with Crippen molar-refractivity contribution in [2.24, 2.45) is 5.73 Å². The number of carbonyl (C=O) groups excluding carboxylic acids is 1. The number of primary amides is 1. The lowest BCUT2D eigenvalue weighted by atomic mass is 10.2. The van der Waals surface area contributed by atoms with Crippen LogP contribution in [0.5, 0.6) is 5.75 Å². The summed E-state index contributed by atoms with van der Waals surface area (Å²) in [6, 6.07) is 8.98. The van der Waals surface area contributed by atoms with Crippen LogP contribution in [0.3, 0.4) is 0 Å². The summed E-state index contributed by atoms with van der Waals surface area (Å²) in [5.41, 5.74) is 5.38. The molecule has 2 atom stereocenters. The Morgan fingerprint density at radius 1 is 1.25 bits per heavy atom. The number of benzene rings is 2. The molecule has 0 saturated carbocycles. The SMILES string of the molecule is CS(=O)(=O)CC1COC(COc2c(F)ccc3nc(C(N)=O)n(Cc4cccc(Cl)c4)c(=O)c23)CO1. The van der Waals surface area contributed by atoms with E-state index in [9.17, 15) is 22.4 Å². The average Bonchev–Trinajstić information content (AvgIpc) is 2.80. The Morgan fingerprint density at radius 3 is 2.61 bits per heavy atom. The maximum absolute atomic E-state index is 14.8. The van der Waals surface area contributed by atoms with E-state index in [1.807, 2.05) is 0 Å². The summed E-state index contributed by atoms with van der Waals surface area (Å²) in [6.45, 7) is -0.213. The molecular weight excluding hydrogens is 517 g/mol. The highest BCUT2D eigenvalue weighted by molar-refractivity contribution is 7.90. The maximum Gasteiger partial charge on any atom is 0.284 e. The molecule has 2 N–H and O–H groups in total. The lowest BCUT2D eigenvalue weighted by molar-refractivity contribution is -0.134. The van der Waals surface area contributed by atoms with Gasteiger partial charge in [-0.1, -0.05) is 23.7 Å². The van der Waals surface area contributed by atoms with Crippen LogP contribution in [0.2, 0.25) is 5.02 Å². The summed E-state index contributed by atoms with van der Waals surface area (Å²) in [5.74, 6) is -2.58. The van der Waals surface area contributed by atoms with Crippen LogP contribution in [0.25, 0.3) is 10.9 Å². The van der Waals surface area contributed by atoms with Crippen molar-refractivity contribution < 1.29 is 31.8 Å². The Kier molecular flexibility index (Phi) is 7.59. The number of nitrogens with two attached hydrogens (primary N) is 1. The van der Waals surface area contributed by atoms with Crippen molar-refractivity contribution in [2.45, 2.75) is 18.8 Å². The van der Waals surface area contributed by atoms with E-state index in [-0.39, 0.29) is 54.6 Å². The first-order valence-corrected chi connectivity index (χ1v) is 13.3. The van der Waals surface area contributed by atoms with Gasteiger partial charge in [-0.15, -0.1) is 0 Å². The number of amides is 1. The predicted molar refractivity (Wildman–Crippen MR) is 130 cm³/mol. The number of carbonyl (C=O) groups is 1. The molecule has 0 radical (unpaired) electrons. The Bertz CT molecular complexity index is 1470. The van der Waals surface area contributed by atoms with Gasteiger partial charge >= 0.3 is 0 Å². The Labute approximate surface area is 210 Å². The van der Waals surface area contributed by atoms with Crippen LogP contribution in [-0.2, 0) is 25.9 Å². The van der Waals surface area contributed by atoms with Crippen molar-refractivity contribution in [2.75, 3.05) is 31.8 Å². The number of fused-ring (bicyclic) bond motifs is 1. The molecule has 2 aromatic carbocycles. The molecule has 1 amide bonds. The molecule has 1 aliphatic rings. The smallest absolute Gasteiger partial charge is 0.284 e. The van der Waals surface area contributed by atoms with Crippen molar-refractivity contribution in [1.82, 2.24) is 9.55 Å². The van der Waals surface area contributed by atoms with Gasteiger partial charge in [-0.05, 0) is 29.8 Å². The number of sulfone groups is 1. The normalized spacial score (nSPS) is 18.3. The topological polar surface area (TPSA) is 140 Å². The third-order valence-electron chi connectivity index (χ3n) is 5.42. The van der Waals surface area contributed by atoms with Gasteiger partial charge in [0.15, 0.2) is 11.6 Å². The molecule has 4 rings (SSSR count). The molecule has 3 aromatic rings. The molecule has 0 aliphatic carbocycles. The average molecular weight is 540 g/mol. The first-order valence-electron chi connectivity index (χ1n) is 10.8. The monoisotopic (exact) mass is 539 g/mol. The molecule has 1 saturated heterocycles. The zero-order chi connectivity index (χ0) is 26.0. The lowest BCUT2D eigenvalue weighted by Gasteiger charge is -2.29. The van der Waals surface area contributed by atoms with Crippen LogP contribution >= 0.6 is 11.6 Å². The first-order chi connectivity index (χ1) is 17.0. The van der Waals surface area contributed by atoms with E-state index >= 15 is 0 Å². The van der Waals surface area contributed by atoms with Crippen LogP contribution in [0.15, 0.2) is 41.2 Å². The van der Waals surface area contributed by atoms with E-state index in [0.29, 0.717) is 10.6 Å². The second-order valence-electron chi connectivity index (χ2n) is 8.41. The van der Waals surface area contributed by atoms with Crippen LogP contribution in [0.4, 0.5) is 4.39 Å². The number of aromatic nitrogens is 2. The molecule has 10 nitrogen and oxygen atoms in total. The van der Waals surface area contributed by atoms with E-state index < -0.39 is 39.3 Å². The molecule has 1 aromatic heterocycles. The highest BCUT2D eigenvalue weighted by Crippen LogP contribution is 2.27. The zero-order valence-electron chi connectivity index (χ0n) is 19.1. The molecule has 0 bridgehead atoms. The highest BCUT2D eigenvalue weighted by atomic mass is 35.5. The predicted octanol–water partition coefficient (Wildman–Crippen LogP) is 1.54. The van der Waals surface area contributed by atoms with Crippen molar-refractivity contribution in [1.29, 1.82) is 0 Å². The number of ether oxygens (including phenoxy) is 3. The Morgan fingerprint density at radius 2 is 1.97 bits per heavy atom. The van der Waals surface area contributed by atoms with E-state index in [4.69, 9.17) is 31.5 Å². The fourth-order valence-corrected chi connectivity index (χ4v) is 4.92. The molecule has 13 heteroatoms. The number of hydrogen-bond donors (Lipinski definition) is 1.